The van der Waals surface area contributed by atoms with Crippen LogP contribution in [0.3, 0.4) is 0 Å². The van der Waals surface area contributed by atoms with Gasteiger partial charge in [-0.25, -0.2) is 0 Å². The molecule has 172 valence electrons. The molecule has 1 saturated heterocycles. The third-order valence-corrected chi connectivity index (χ3v) is 10.1. The summed E-state index contributed by atoms with van der Waals surface area (Å²) >= 11 is 0. The van der Waals surface area contributed by atoms with E-state index in [-0.39, 0.29) is 28.6 Å². The zero-order valence-electron chi connectivity index (χ0n) is 20.0. The summed E-state index contributed by atoms with van der Waals surface area (Å²) in [7, 11) is 4.04. The minimum atomic E-state index is -0.824. The molecule has 0 aromatic heterocycles. The Labute approximate surface area is 186 Å². The van der Waals surface area contributed by atoms with E-state index < -0.39 is 11.2 Å². The highest BCUT2D eigenvalue weighted by atomic mass is 16.6. The lowest BCUT2D eigenvalue weighted by molar-refractivity contribution is -0.298. The van der Waals surface area contributed by atoms with Gasteiger partial charge in [-0.1, -0.05) is 19.4 Å². The van der Waals surface area contributed by atoms with Crippen molar-refractivity contribution < 1.29 is 19.7 Å². The number of aliphatic hydroxyl groups is 1. The second kappa shape index (κ2) is 6.61. The van der Waals surface area contributed by atoms with E-state index in [9.17, 15) is 10.2 Å². The van der Waals surface area contributed by atoms with Crippen LogP contribution < -0.4 is 4.74 Å². The fourth-order valence-electron chi connectivity index (χ4n) is 8.67. The zero-order chi connectivity index (χ0) is 22.4. The topological polar surface area (TPSA) is 62.2 Å². The van der Waals surface area contributed by atoms with Gasteiger partial charge >= 0.3 is 0 Å². The Balaban J connectivity index is 1.80. The molecule has 2 spiro atoms. The van der Waals surface area contributed by atoms with Crippen molar-refractivity contribution >= 4 is 0 Å². The molecule has 6 rings (SSSR count). The highest BCUT2D eigenvalue weighted by Crippen LogP contribution is 2.75. The van der Waals surface area contributed by atoms with E-state index in [0.717, 1.165) is 45.1 Å². The number of ether oxygens (including phenoxy) is 2. The van der Waals surface area contributed by atoms with Gasteiger partial charge in [-0.05, 0) is 83.5 Å². The lowest BCUT2D eigenvalue weighted by Crippen LogP contribution is -2.81. The summed E-state index contributed by atoms with van der Waals surface area (Å²) in [5.41, 5.74) is 0.777. The Bertz CT molecular complexity index is 900. The summed E-state index contributed by atoms with van der Waals surface area (Å²) in [5, 5.41) is 22.6. The van der Waals surface area contributed by atoms with Crippen LogP contribution in [0.1, 0.15) is 70.4 Å². The molecule has 5 aliphatic rings. The van der Waals surface area contributed by atoms with E-state index in [1.165, 1.54) is 11.1 Å². The van der Waals surface area contributed by atoms with Gasteiger partial charge in [0.1, 0.15) is 11.7 Å². The molecule has 5 nitrogen and oxygen atoms in total. The average molecular weight is 430 g/mol. The van der Waals surface area contributed by atoms with Crippen LogP contribution in [0, 0.1) is 18.3 Å². The molecule has 7 atom stereocenters. The van der Waals surface area contributed by atoms with Gasteiger partial charge in [0.05, 0.1) is 5.60 Å². The molecule has 2 heterocycles. The van der Waals surface area contributed by atoms with Crippen molar-refractivity contribution in [1.29, 1.82) is 0 Å². The van der Waals surface area contributed by atoms with E-state index in [2.05, 4.69) is 32.7 Å². The standard InChI is InChI=1S/C26H39NO4/c1-7-10-23(4,29)19-15-24-11-12-26(19,30-6)22-25(24,13-14-27(5)17(24)3)20-16(2)8-9-18(28)21(20)31-22/h8-9,17,19,22,28-29H,7,10-15H2,1-6H3/t17-,19-,22-,23-,24-,25+,26-/m1/s1. The highest BCUT2D eigenvalue weighted by molar-refractivity contribution is 5.61. The van der Waals surface area contributed by atoms with Crippen LogP contribution in [0.2, 0.25) is 0 Å². The van der Waals surface area contributed by atoms with E-state index in [1.54, 1.807) is 13.2 Å². The average Bonchev–Trinajstić information content (AvgIpc) is 3.13. The van der Waals surface area contributed by atoms with Crippen molar-refractivity contribution in [1.82, 2.24) is 4.90 Å². The van der Waals surface area contributed by atoms with Gasteiger partial charge in [-0.15, -0.1) is 0 Å². The SMILES string of the molecule is CCC[C@@](C)(O)[C@H]1C[C@@]23CC[C@]1(OC)[C@@H]1Oc4c(O)ccc(C)c4[C@@]12CCN(C)[C@@H]3C. The largest absolute Gasteiger partial charge is 0.504 e. The predicted octanol–water partition coefficient (Wildman–Crippen LogP) is 4.16. The Morgan fingerprint density at radius 3 is 2.71 bits per heavy atom. The second-order valence-corrected chi connectivity index (χ2v) is 11.2. The monoisotopic (exact) mass is 429 g/mol. The Kier molecular flexibility index (Phi) is 4.60. The van der Waals surface area contributed by atoms with Crippen LogP contribution in [-0.2, 0) is 10.2 Å². The summed E-state index contributed by atoms with van der Waals surface area (Å²) in [6, 6.07) is 4.16. The summed E-state index contributed by atoms with van der Waals surface area (Å²) < 4.78 is 13.2. The number of phenols is 1. The van der Waals surface area contributed by atoms with E-state index in [4.69, 9.17) is 9.47 Å². The van der Waals surface area contributed by atoms with Crippen LogP contribution in [0.4, 0.5) is 0 Å². The summed E-state index contributed by atoms with van der Waals surface area (Å²) in [4.78, 5) is 2.50. The molecule has 0 radical (unpaired) electrons. The summed E-state index contributed by atoms with van der Waals surface area (Å²) in [6.07, 6.45) is 5.34. The Morgan fingerprint density at radius 2 is 2.03 bits per heavy atom. The molecule has 2 N–H and O–H groups in total. The molecule has 0 amide bonds. The molecule has 1 aromatic carbocycles. The number of fused-ring (bicyclic) bond motifs is 3. The maximum atomic E-state index is 11.7. The fourth-order valence-corrected chi connectivity index (χ4v) is 8.67. The first-order chi connectivity index (χ1) is 14.6. The number of piperidine rings is 1. The van der Waals surface area contributed by atoms with Crippen LogP contribution in [0.25, 0.3) is 0 Å². The maximum absolute atomic E-state index is 11.7. The molecule has 5 heteroatoms. The Morgan fingerprint density at radius 1 is 1.29 bits per heavy atom. The number of rotatable bonds is 4. The van der Waals surface area contributed by atoms with E-state index >= 15 is 0 Å². The molecule has 2 aliphatic heterocycles. The van der Waals surface area contributed by atoms with Crippen LogP contribution in [-0.4, -0.2) is 59.2 Å². The maximum Gasteiger partial charge on any atom is 0.165 e. The van der Waals surface area contributed by atoms with Crippen LogP contribution >= 0.6 is 0 Å². The van der Waals surface area contributed by atoms with Crippen molar-refractivity contribution in [3.05, 3.63) is 23.3 Å². The van der Waals surface area contributed by atoms with E-state index in [0.29, 0.717) is 11.8 Å². The molecular weight excluding hydrogens is 390 g/mol. The van der Waals surface area contributed by atoms with Gasteiger partial charge in [-0.2, -0.15) is 0 Å². The van der Waals surface area contributed by atoms with Gasteiger partial charge in [0.25, 0.3) is 0 Å². The molecular formula is C26H39NO4. The van der Waals surface area contributed by atoms with Gasteiger partial charge in [0.15, 0.2) is 11.5 Å². The van der Waals surface area contributed by atoms with E-state index in [1.807, 2.05) is 13.0 Å². The molecule has 2 bridgehead atoms. The molecule has 4 fully saturated rings. The number of hydrogen-bond donors (Lipinski definition) is 2. The highest BCUT2D eigenvalue weighted by Gasteiger charge is 2.80. The molecule has 3 saturated carbocycles. The number of aromatic hydroxyl groups is 1. The summed E-state index contributed by atoms with van der Waals surface area (Å²) in [6.45, 7) is 9.65. The number of benzene rings is 1. The quantitative estimate of drug-likeness (QED) is 0.753. The third kappa shape index (κ3) is 2.33. The van der Waals surface area contributed by atoms with Gasteiger partial charge in [0.2, 0.25) is 0 Å². The van der Waals surface area contributed by atoms with Gasteiger partial charge in [-0.3, -0.25) is 0 Å². The predicted molar refractivity (Wildman–Crippen MR) is 121 cm³/mol. The first-order valence-corrected chi connectivity index (χ1v) is 12.1. The van der Waals surface area contributed by atoms with Crippen molar-refractivity contribution in [3.8, 4) is 11.5 Å². The second-order valence-electron chi connectivity index (χ2n) is 11.2. The number of methoxy groups -OCH3 is 1. The van der Waals surface area contributed by atoms with Crippen molar-refractivity contribution in [2.75, 3.05) is 20.7 Å². The number of hydrogen-bond acceptors (Lipinski definition) is 5. The molecule has 3 aliphatic carbocycles. The first-order valence-electron chi connectivity index (χ1n) is 12.1. The van der Waals surface area contributed by atoms with Crippen molar-refractivity contribution in [2.24, 2.45) is 11.3 Å². The lowest BCUT2D eigenvalue weighted by atomic mass is 9.35. The first kappa shape index (κ1) is 21.5. The number of nitrogens with zero attached hydrogens (tertiary/aromatic N) is 1. The minimum absolute atomic E-state index is 0.0115. The van der Waals surface area contributed by atoms with Crippen LogP contribution in [0.15, 0.2) is 12.1 Å². The number of likely N-dealkylation sites (tertiary alicyclic amines) is 1. The normalized spacial score (nSPS) is 43.0. The van der Waals surface area contributed by atoms with Gasteiger partial charge in [0, 0.05) is 30.0 Å². The van der Waals surface area contributed by atoms with Crippen molar-refractivity contribution in [3.63, 3.8) is 0 Å². The number of aryl methyl sites for hydroxylation is 1. The summed E-state index contributed by atoms with van der Waals surface area (Å²) in [5.74, 6) is 0.876. The fraction of sp³-hybridized carbons (Fsp3) is 0.769. The van der Waals surface area contributed by atoms with Crippen LogP contribution in [0.5, 0.6) is 11.5 Å². The number of phenolic OH excluding ortho intramolecular Hbond substituents is 1. The minimum Gasteiger partial charge on any atom is -0.504 e. The molecule has 1 aromatic rings. The molecule has 31 heavy (non-hydrogen) atoms. The third-order valence-electron chi connectivity index (χ3n) is 10.1. The lowest BCUT2D eigenvalue weighted by Gasteiger charge is -2.73. The molecule has 0 unspecified atom stereocenters. The van der Waals surface area contributed by atoms with Crippen molar-refractivity contribution in [2.45, 2.75) is 95.0 Å². The Hall–Kier alpha value is -1.30. The zero-order valence-corrected chi connectivity index (χ0v) is 20.0. The van der Waals surface area contributed by atoms with Gasteiger partial charge < -0.3 is 24.6 Å². The smallest absolute Gasteiger partial charge is 0.165 e.